The van der Waals surface area contributed by atoms with Gasteiger partial charge < -0.3 is 5.73 Å². The Balaban J connectivity index is 0.000000382. The van der Waals surface area contributed by atoms with Crippen LogP contribution in [0.5, 0.6) is 0 Å². The molecule has 0 aliphatic heterocycles. The van der Waals surface area contributed by atoms with E-state index in [1.165, 1.54) is 0 Å². The van der Waals surface area contributed by atoms with Gasteiger partial charge in [-0.05, 0) is 48.5 Å². The SMILES string of the molecule is CS(=O)(=O)Cl.CS(=O)(=O)Nc1ccc(Br)cc1.Nc1ccc(Br)cc1. The Morgan fingerprint density at radius 2 is 1.16 bits per heavy atom. The molecular formula is C14H17Br2ClN2O4S2. The zero-order valence-corrected chi connectivity index (χ0v) is 18.8. The van der Waals surface area contributed by atoms with Gasteiger partial charge in [-0.15, -0.1) is 0 Å². The summed E-state index contributed by atoms with van der Waals surface area (Å²) in [5.41, 5.74) is 6.78. The molecule has 2 rings (SSSR count). The van der Waals surface area contributed by atoms with Crippen LogP contribution >= 0.6 is 42.5 Å². The monoisotopic (exact) mass is 534 g/mol. The number of benzene rings is 2. The van der Waals surface area contributed by atoms with Crippen LogP contribution in [0.2, 0.25) is 0 Å². The predicted molar refractivity (Wildman–Crippen MR) is 112 cm³/mol. The number of sulfonamides is 1. The highest BCUT2D eigenvalue weighted by Crippen LogP contribution is 2.14. The lowest BCUT2D eigenvalue weighted by atomic mass is 10.3. The van der Waals surface area contributed by atoms with E-state index in [0.717, 1.165) is 27.1 Å². The molecule has 0 aromatic heterocycles. The van der Waals surface area contributed by atoms with Crippen LogP contribution in [0.15, 0.2) is 57.5 Å². The largest absolute Gasteiger partial charge is 0.399 e. The van der Waals surface area contributed by atoms with Gasteiger partial charge in [0.15, 0.2) is 0 Å². The summed E-state index contributed by atoms with van der Waals surface area (Å²) in [6.07, 6.45) is 2.05. The summed E-state index contributed by atoms with van der Waals surface area (Å²) in [5.74, 6) is 0. The van der Waals surface area contributed by atoms with E-state index in [2.05, 4.69) is 47.3 Å². The van der Waals surface area contributed by atoms with Crippen molar-refractivity contribution >= 4 is 73.0 Å². The normalized spacial score (nSPS) is 10.6. The molecule has 2 aromatic rings. The smallest absolute Gasteiger partial charge is 0.229 e. The van der Waals surface area contributed by atoms with Crippen molar-refractivity contribution in [1.82, 2.24) is 0 Å². The van der Waals surface area contributed by atoms with Crippen molar-refractivity contribution in [2.45, 2.75) is 0 Å². The van der Waals surface area contributed by atoms with Crippen molar-refractivity contribution in [1.29, 1.82) is 0 Å². The minimum atomic E-state index is -3.19. The van der Waals surface area contributed by atoms with Crippen LogP contribution in [-0.4, -0.2) is 29.3 Å². The number of nitrogens with one attached hydrogen (secondary N) is 1. The van der Waals surface area contributed by atoms with Gasteiger partial charge in [0.2, 0.25) is 19.1 Å². The lowest BCUT2D eigenvalue weighted by Crippen LogP contribution is -2.09. The number of hydrogen-bond acceptors (Lipinski definition) is 5. The molecule has 25 heavy (non-hydrogen) atoms. The summed E-state index contributed by atoms with van der Waals surface area (Å²) < 4.78 is 44.7. The fourth-order valence-electron chi connectivity index (χ4n) is 1.19. The molecule has 0 bridgehead atoms. The number of nitrogens with two attached hydrogens (primary N) is 1. The number of anilines is 2. The number of halogens is 3. The summed E-state index contributed by atoms with van der Waals surface area (Å²) in [4.78, 5) is 0. The Labute approximate surface area is 169 Å². The first-order valence-corrected chi connectivity index (χ1v) is 12.6. The van der Waals surface area contributed by atoms with E-state index in [9.17, 15) is 16.8 Å². The van der Waals surface area contributed by atoms with E-state index in [0.29, 0.717) is 5.69 Å². The Bertz CT molecular complexity index is 828. The maximum atomic E-state index is 10.8. The average molecular weight is 537 g/mol. The van der Waals surface area contributed by atoms with E-state index in [-0.39, 0.29) is 0 Å². The first kappa shape index (κ1) is 24.2. The van der Waals surface area contributed by atoms with Crippen LogP contribution in [0, 0.1) is 0 Å². The van der Waals surface area contributed by atoms with E-state index < -0.39 is 19.1 Å². The van der Waals surface area contributed by atoms with Crippen LogP contribution in [0.1, 0.15) is 0 Å². The first-order chi connectivity index (χ1) is 11.3. The molecule has 0 aliphatic carbocycles. The molecular weight excluding hydrogens is 520 g/mol. The highest BCUT2D eigenvalue weighted by Gasteiger charge is 1.99. The summed E-state index contributed by atoms with van der Waals surface area (Å²) in [6, 6.07) is 14.4. The molecule has 0 spiro atoms. The maximum absolute atomic E-state index is 10.8. The molecule has 0 amide bonds. The van der Waals surface area contributed by atoms with Crippen LogP contribution < -0.4 is 10.5 Å². The molecule has 0 radical (unpaired) electrons. The Morgan fingerprint density at radius 1 is 0.840 bits per heavy atom. The third-order valence-corrected chi connectivity index (χ3v) is 3.68. The van der Waals surface area contributed by atoms with Gasteiger partial charge in [0.25, 0.3) is 0 Å². The minimum absolute atomic E-state index is 0.570. The quantitative estimate of drug-likeness (QED) is 0.445. The zero-order valence-electron chi connectivity index (χ0n) is 13.3. The Morgan fingerprint density at radius 3 is 1.44 bits per heavy atom. The summed E-state index contributed by atoms with van der Waals surface area (Å²) >= 11 is 6.54. The van der Waals surface area contributed by atoms with Gasteiger partial charge in [0.1, 0.15) is 0 Å². The highest BCUT2D eigenvalue weighted by molar-refractivity contribution is 9.10. The lowest BCUT2D eigenvalue weighted by Gasteiger charge is -2.02. The number of rotatable bonds is 2. The second-order valence-electron chi connectivity index (χ2n) is 4.61. The molecule has 0 heterocycles. The molecule has 6 nitrogen and oxygen atoms in total. The van der Waals surface area contributed by atoms with Crippen LogP contribution in [0.3, 0.4) is 0 Å². The average Bonchev–Trinajstić information content (AvgIpc) is 2.42. The fraction of sp³-hybridized carbons (Fsp3) is 0.143. The Kier molecular flexibility index (Phi) is 10.7. The molecule has 2 aromatic carbocycles. The van der Waals surface area contributed by atoms with Gasteiger partial charge in [-0.3, -0.25) is 4.72 Å². The lowest BCUT2D eigenvalue weighted by molar-refractivity contribution is 0.606. The number of hydrogen-bond donors (Lipinski definition) is 2. The number of nitrogen functional groups attached to an aromatic ring is 1. The van der Waals surface area contributed by atoms with Gasteiger partial charge in [0.05, 0.1) is 12.5 Å². The van der Waals surface area contributed by atoms with E-state index >= 15 is 0 Å². The van der Waals surface area contributed by atoms with Gasteiger partial charge in [-0.1, -0.05) is 31.9 Å². The highest BCUT2D eigenvalue weighted by atomic mass is 79.9. The molecule has 0 fully saturated rings. The second-order valence-corrected chi connectivity index (χ2v) is 11.2. The van der Waals surface area contributed by atoms with E-state index in [4.69, 9.17) is 5.73 Å². The van der Waals surface area contributed by atoms with Crippen LogP contribution in [-0.2, 0) is 19.1 Å². The molecule has 0 atom stereocenters. The summed E-state index contributed by atoms with van der Waals surface area (Å²) in [6.45, 7) is 0. The molecule has 0 saturated carbocycles. The summed E-state index contributed by atoms with van der Waals surface area (Å²) in [7, 11) is -1.85. The van der Waals surface area contributed by atoms with Crippen molar-refractivity contribution < 1.29 is 16.8 Å². The van der Waals surface area contributed by atoms with Gasteiger partial charge in [0, 0.05) is 31.0 Å². The predicted octanol–water partition coefficient (Wildman–Crippen LogP) is 4.04. The standard InChI is InChI=1S/C7H8BrNO2S.C6H6BrN.CH3ClO2S/c1-12(10,11)9-7-4-2-6(8)3-5-7;7-5-1-3-6(8)4-2-5;1-5(2,3)4/h2-5,9H,1H3;1-4H,8H2;1H3. The molecule has 0 aliphatic rings. The minimum Gasteiger partial charge on any atom is -0.399 e. The first-order valence-electron chi connectivity index (χ1n) is 6.40. The van der Waals surface area contributed by atoms with E-state index in [1.54, 1.807) is 24.3 Å². The molecule has 140 valence electrons. The van der Waals surface area contributed by atoms with Crippen molar-refractivity contribution in [2.75, 3.05) is 23.0 Å². The van der Waals surface area contributed by atoms with Crippen molar-refractivity contribution in [3.8, 4) is 0 Å². The third kappa shape index (κ3) is 17.8. The maximum Gasteiger partial charge on any atom is 0.229 e. The molecule has 3 N–H and O–H groups in total. The third-order valence-electron chi connectivity index (χ3n) is 2.02. The van der Waals surface area contributed by atoms with Crippen molar-refractivity contribution in [3.05, 3.63) is 57.5 Å². The van der Waals surface area contributed by atoms with Crippen molar-refractivity contribution in [2.24, 2.45) is 0 Å². The van der Waals surface area contributed by atoms with Gasteiger partial charge in [-0.25, -0.2) is 16.8 Å². The Hall–Kier alpha value is -0.810. The van der Waals surface area contributed by atoms with Gasteiger partial charge in [-0.2, -0.15) is 0 Å². The molecule has 0 saturated heterocycles. The topological polar surface area (TPSA) is 106 Å². The van der Waals surface area contributed by atoms with Crippen LogP contribution in [0.25, 0.3) is 0 Å². The van der Waals surface area contributed by atoms with E-state index in [1.807, 2.05) is 24.3 Å². The van der Waals surface area contributed by atoms with Crippen molar-refractivity contribution in [3.63, 3.8) is 0 Å². The van der Waals surface area contributed by atoms with Gasteiger partial charge >= 0.3 is 0 Å². The molecule has 11 heteroatoms. The van der Waals surface area contributed by atoms with Crippen LogP contribution in [0.4, 0.5) is 11.4 Å². The zero-order chi connectivity index (χ0) is 19.7. The second kappa shape index (κ2) is 11.0. The summed E-state index contributed by atoms with van der Waals surface area (Å²) in [5, 5.41) is 0. The fourth-order valence-corrected chi connectivity index (χ4v) is 2.29. The molecule has 0 unspecified atom stereocenters.